The van der Waals surface area contributed by atoms with Crippen LogP contribution in [0.2, 0.25) is 0 Å². The van der Waals surface area contributed by atoms with Crippen LogP contribution in [0, 0.1) is 0 Å². The molecule has 5 nitrogen and oxygen atoms in total. The summed E-state index contributed by atoms with van der Waals surface area (Å²) in [5.41, 5.74) is 1.78. The first-order chi connectivity index (χ1) is 10.9. The first-order valence-corrected chi connectivity index (χ1v) is 7.98. The van der Waals surface area contributed by atoms with Crippen molar-refractivity contribution in [3.8, 4) is 0 Å². The van der Waals surface area contributed by atoms with Crippen molar-refractivity contribution in [2.75, 3.05) is 25.0 Å². The molecule has 1 heterocycles. The number of aryl methyl sites for hydroxylation is 1. The van der Waals surface area contributed by atoms with E-state index >= 15 is 0 Å². The van der Waals surface area contributed by atoms with Gasteiger partial charge >= 0.3 is 0 Å². The summed E-state index contributed by atoms with van der Waals surface area (Å²) in [4.78, 5) is 27.7. The van der Waals surface area contributed by atoms with Gasteiger partial charge in [-0.25, -0.2) is 0 Å². The molecule has 1 N–H and O–H groups in total. The van der Waals surface area contributed by atoms with Crippen LogP contribution >= 0.6 is 0 Å². The summed E-state index contributed by atoms with van der Waals surface area (Å²) in [6.45, 7) is 4.59. The van der Waals surface area contributed by atoms with E-state index in [0.29, 0.717) is 18.7 Å². The summed E-state index contributed by atoms with van der Waals surface area (Å²) in [5.74, 6) is -0.210. The highest BCUT2D eigenvalue weighted by Gasteiger charge is 2.42. The van der Waals surface area contributed by atoms with Crippen LogP contribution in [0.1, 0.15) is 35.2 Å². The predicted molar refractivity (Wildman–Crippen MR) is 88.5 cm³/mol. The number of nitrogens with zero attached hydrogens (tertiary/aromatic N) is 2. The van der Waals surface area contributed by atoms with Gasteiger partial charge in [0.1, 0.15) is 0 Å². The minimum absolute atomic E-state index is 0.0969. The zero-order valence-corrected chi connectivity index (χ0v) is 13.4. The number of aliphatic hydroxyl groups is 1. The molecule has 1 aliphatic carbocycles. The number of carbonyl (C=O) groups excluding carboxylic acids is 2. The molecule has 1 aromatic rings. The van der Waals surface area contributed by atoms with Gasteiger partial charge < -0.3 is 14.9 Å². The fourth-order valence-electron chi connectivity index (χ4n) is 3.11. The zero-order valence-electron chi connectivity index (χ0n) is 13.4. The van der Waals surface area contributed by atoms with Gasteiger partial charge in [0.15, 0.2) is 0 Å². The lowest BCUT2D eigenvalue weighted by Gasteiger charge is -2.29. The molecule has 1 saturated carbocycles. The Morgan fingerprint density at radius 3 is 2.83 bits per heavy atom. The van der Waals surface area contributed by atoms with Gasteiger partial charge in [0.25, 0.3) is 5.91 Å². The molecule has 3 rings (SSSR count). The molecule has 0 radical (unpaired) electrons. The van der Waals surface area contributed by atoms with E-state index in [-0.39, 0.29) is 11.8 Å². The zero-order chi connectivity index (χ0) is 16.6. The van der Waals surface area contributed by atoms with E-state index in [4.69, 9.17) is 0 Å². The second kappa shape index (κ2) is 5.81. The number of rotatable bonds is 4. The maximum Gasteiger partial charge on any atom is 0.253 e. The van der Waals surface area contributed by atoms with E-state index in [0.717, 1.165) is 36.9 Å². The van der Waals surface area contributed by atoms with Crippen LogP contribution in [-0.2, 0) is 11.2 Å². The van der Waals surface area contributed by atoms with E-state index < -0.39 is 5.60 Å². The van der Waals surface area contributed by atoms with Crippen LogP contribution < -0.4 is 4.90 Å². The van der Waals surface area contributed by atoms with Crippen LogP contribution in [0.25, 0.3) is 0 Å². The summed E-state index contributed by atoms with van der Waals surface area (Å²) in [6.07, 6.45) is 4.56. The van der Waals surface area contributed by atoms with Crippen LogP contribution in [0.15, 0.2) is 30.9 Å². The molecule has 1 aromatic carbocycles. The summed E-state index contributed by atoms with van der Waals surface area (Å²) in [7, 11) is 1.71. The van der Waals surface area contributed by atoms with Gasteiger partial charge in [0.05, 0.1) is 5.60 Å². The summed E-state index contributed by atoms with van der Waals surface area (Å²) in [5, 5.41) is 9.96. The van der Waals surface area contributed by atoms with Crippen LogP contribution in [0.5, 0.6) is 0 Å². The molecule has 0 aromatic heterocycles. The molecule has 0 atom stereocenters. The van der Waals surface area contributed by atoms with Crippen molar-refractivity contribution in [3.63, 3.8) is 0 Å². The second-order valence-electron chi connectivity index (χ2n) is 6.53. The fourth-order valence-corrected chi connectivity index (χ4v) is 3.11. The Bertz CT molecular complexity index is 664. The molecule has 2 amide bonds. The van der Waals surface area contributed by atoms with Crippen molar-refractivity contribution in [3.05, 3.63) is 42.0 Å². The Morgan fingerprint density at radius 2 is 2.17 bits per heavy atom. The number of hydrogen-bond acceptors (Lipinski definition) is 3. The van der Waals surface area contributed by atoms with E-state index in [1.807, 2.05) is 12.1 Å². The highest BCUT2D eigenvalue weighted by molar-refractivity contribution is 6.02. The number of carbonyl (C=O) groups is 2. The molecule has 1 fully saturated rings. The molecule has 23 heavy (non-hydrogen) atoms. The van der Waals surface area contributed by atoms with Crippen LogP contribution in [0.4, 0.5) is 5.69 Å². The molecular weight excluding hydrogens is 292 g/mol. The lowest BCUT2D eigenvalue weighted by molar-refractivity contribution is -0.114. The van der Waals surface area contributed by atoms with Crippen molar-refractivity contribution in [1.29, 1.82) is 0 Å². The average molecular weight is 314 g/mol. The third-order valence-corrected chi connectivity index (χ3v) is 4.59. The van der Waals surface area contributed by atoms with Crippen molar-refractivity contribution >= 4 is 17.5 Å². The molecule has 2 aliphatic rings. The SMILES string of the molecule is C=CC(=O)N1CCCc2cc(C(=O)N(C)CC3(O)CC3)ccc21. The van der Waals surface area contributed by atoms with Gasteiger partial charge in [-0.2, -0.15) is 0 Å². The van der Waals surface area contributed by atoms with Gasteiger partial charge in [0.2, 0.25) is 5.91 Å². The normalized spacial score (nSPS) is 18.1. The smallest absolute Gasteiger partial charge is 0.253 e. The molecule has 0 saturated heterocycles. The maximum atomic E-state index is 12.5. The topological polar surface area (TPSA) is 60.9 Å². The monoisotopic (exact) mass is 314 g/mol. The Kier molecular flexibility index (Phi) is 3.98. The number of benzene rings is 1. The number of amides is 2. The van der Waals surface area contributed by atoms with Crippen molar-refractivity contribution in [2.45, 2.75) is 31.3 Å². The van der Waals surface area contributed by atoms with Gasteiger partial charge in [-0.15, -0.1) is 0 Å². The second-order valence-corrected chi connectivity index (χ2v) is 6.53. The number of fused-ring (bicyclic) bond motifs is 1. The van der Waals surface area contributed by atoms with E-state index in [2.05, 4.69) is 6.58 Å². The van der Waals surface area contributed by atoms with Crippen LogP contribution in [0.3, 0.4) is 0 Å². The molecule has 5 heteroatoms. The van der Waals surface area contributed by atoms with E-state index in [1.165, 1.54) is 6.08 Å². The Balaban J connectivity index is 1.81. The van der Waals surface area contributed by atoms with Gasteiger partial charge in [-0.3, -0.25) is 9.59 Å². The van der Waals surface area contributed by atoms with E-state index in [1.54, 1.807) is 22.9 Å². The maximum absolute atomic E-state index is 12.5. The first kappa shape index (κ1) is 15.7. The highest BCUT2D eigenvalue weighted by Crippen LogP contribution is 2.36. The third-order valence-electron chi connectivity index (χ3n) is 4.59. The van der Waals surface area contributed by atoms with Crippen LogP contribution in [-0.4, -0.2) is 47.6 Å². The minimum atomic E-state index is -0.689. The summed E-state index contributed by atoms with van der Waals surface area (Å²) >= 11 is 0. The summed E-state index contributed by atoms with van der Waals surface area (Å²) < 4.78 is 0. The number of likely N-dealkylation sites (N-methyl/N-ethyl adjacent to an activating group) is 1. The number of anilines is 1. The van der Waals surface area contributed by atoms with Gasteiger partial charge in [-0.1, -0.05) is 6.58 Å². The Labute approximate surface area is 136 Å². The predicted octanol–water partition coefficient (Wildman–Crippen LogP) is 1.75. The molecule has 0 spiro atoms. The van der Waals surface area contributed by atoms with Crippen molar-refractivity contribution < 1.29 is 14.7 Å². The molecule has 122 valence electrons. The number of hydrogen-bond donors (Lipinski definition) is 1. The molecule has 0 bridgehead atoms. The molecule has 1 aliphatic heterocycles. The quantitative estimate of drug-likeness (QED) is 0.861. The standard InChI is InChI=1S/C18H22N2O3/c1-3-16(21)20-10-4-5-13-11-14(6-7-15(13)20)17(22)19(2)12-18(23)8-9-18/h3,6-7,11,23H,1,4-5,8-10,12H2,2H3. The average Bonchev–Trinajstić information content (AvgIpc) is 3.29. The van der Waals surface area contributed by atoms with Gasteiger partial charge in [-0.05, 0) is 55.5 Å². The Morgan fingerprint density at radius 1 is 1.43 bits per heavy atom. The molecule has 0 unspecified atom stereocenters. The lowest BCUT2D eigenvalue weighted by atomic mass is 9.98. The third kappa shape index (κ3) is 3.15. The van der Waals surface area contributed by atoms with Crippen molar-refractivity contribution in [2.24, 2.45) is 0 Å². The minimum Gasteiger partial charge on any atom is -0.388 e. The van der Waals surface area contributed by atoms with Gasteiger partial charge in [0, 0.05) is 31.4 Å². The Hall–Kier alpha value is -2.14. The fraction of sp³-hybridized carbons (Fsp3) is 0.444. The van der Waals surface area contributed by atoms with E-state index in [9.17, 15) is 14.7 Å². The highest BCUT2D eigenvalue weighted by atomic mass is 16.3. The summed E-state index contributed by atoms with van der Waals surface area (Å²) in [6, 6.07) is 5.46. The van der Waals surface area contributed by atoms with Crippen molar-refractivity contribution in [1.82, 2.24) is 4.90 Å². The largest absolute Gasteiger partial charge is 0.388 e. The lowest BCUT2D eigenvalue weighted by Crippen LogP contribution is -2.36. The molecular formula is C18H22N2O3. The first-order valence-electron chi connectivity index (χ1n) is 7.98.